The highest BCUT2D eigenvalue weighted by atomic mass is 16.6. The van der Waals surface area contributed by atoms with Crippen molar-refractivity contribution < 1.29 is 23.8 Å². The maximum absolute atomic E-state index is 12.4. The number of esters is 2. The molecular formula is C38H74O5. The average Bonchev–Trinajstić information content (AvgIpc) is 2.99. The number of hydrogen-bond acceptors (Lipinski definition) is 5. The van der Waals surface area contributed by atoms with E-state index in [9.17, 15) is 9.59 Å². The molecular weight excluding hydrogens is 536 g/mol. The van der Waals surface area contributed by atoms with E-state index in [1.807, 2.05) is 13.8 Å². The highest BCUT2D eigenvalue weighted by molar-refractivity contribution is 5.70. The minimum Gasteiger partial charge on any atom is -0.462 e. The number of unbranched alkanes of at least 4 members (excludes halogenated alkanes) is 24. The standard InChI is InChI=1S/C38H74O5/c1-5-7-9-11-13-15-17-19-21-23-25-27-29-31-37(39)42-34-36(33-41-35(3)4)43-38(40)32-30-28-26-24-22-20-18-16-14-12-10-8-6-2/h35-36H,5-34H2,1-4H3. The van der Waals surface area contributed by atoms with Crippen LogP contribution in [0.15, 0.2) is 0 Å². The Morgan fingerprint density at radius 3 is 1.12 bits per heavy atom. The largest absolute Gasteiger partial charge is 0.462 e. The van der Waals surface area contributed by atoms with E-state index in [0.29, 0.717) is 12.8 Å². The molecule has 1 atom stereocenters. The van der Waals surface area contributed by atoms with E-state index in [1.165, 1.54) is 141 Å². The molecule has 0 aromatic rings. The van der Waals surface area contributed by atoms with Gasteiger partial charge in [-0.15, -0.1) is 0 Å². The third-order valence-corrected chi connectivity index (χ3v) is 8.31. The summed E-state index contributed by atoms with van der Waals surface area (Å²) in [5.74, 6) is -0.418. The zero-order valence-corrected chi connectivity index (χ0v) is 29.4. The van der Waals surface area contributed by atoms with Gasteiger partial charge >= 0.3 is 11.9 Å². The van der Waals surface area contributed by atoms with E-state index in [0.717, 1.165) is 25.7 Å². The molecule has 0 rings (SSSR count). The summed E-state index contributed by atoms with van der Waals surface area (Å²) in [5, 5.41) is 0. The third kappa shape index (κ3) is 33.6. The molecule has 0 saturated carbocycles. The maximum atomic E-state index is 12.4. The molecule has 0 amide bonds. The lowest BCUT2D eigenvalue weighted by molar-refractivity contribution is -0.163. The molecule has 0 aromatic carbocycles. The summed E-state index contributed by atoms with van der Waals surface area (Å²) in [6, 6.07) is 0. The Labute approximate surface area is 268 Å². The van der Waals surface area contributed by atoms with Gasteiger partial charge in [-0.05, 0) is 26.7 Å². The summed E-state index contributed by atoms with van der Waals surface area (Å²) in [7, 11) is 0. The van der Waals surface area contributed by atoms with Gasteiger partial charge in [-0.3, -0.25) is 9.59 Å². The van der Waals surface area contributed by atoms with Crippen molar-refractivity contribution in [2.24, 2.45) is 0 Å². The molecule has 0 aromatic heterocycles. The van der Waals surface area contributed by atoms with Gasteiger partial charge in [0.25, 0.3) is 0 Å². The van der Waals surface area contributed by atoms with E-state index in [2.05, 4.69) is 13.8 Å². The van der Waals surface area contributed by atoms with Crippen molar-refractivity contribution in [2.75, 3.05) is 13.2 Å². The minimum atomic E-state index is -0.535. The maximum Gasteiger partial charge on any atom is 0.306 e. The zero-order chi connectivity index (χ0) is 31.6. The molecule has 5 heteroatoms. The molecule has 1 unspecified atom stereocenters. The molecule has 0 N–H and O–H groups in total. The van der Waals surface area contributed by atoms with E-state index in [4.69, 9.17) is 14.2 Å². The molecule has 0 spiro atoms. The van der Waals surface area contributed by atoms with Crippen molar-refractivity contribution in [3.8, 4) is 0 Å². The third-order valence-electron chi connectivity index (χ3n) is 8.31. The van der Waals surface area contributed by atoms with Crippen LogP contribution in [0.4, 0.5) is 0 Å². The van der Waals surface area contributed by atoms with Crippen LogP contribution >= 0.6 is 0 Å². The summed E-state index contributed by atoms with van der Waals surface area (Å²) < 4.78 is 16.8. The first-order valence-corrected chi connectivity index (χ1v) is 19.0. The van der Waals surface area contributed by atoms with Crippen LogP contribution in [0, 0.1) is 0 Å². The van der Waals surface area contributed by atoms with Crippen molar-refractivity contribution in [3.05, 3.63) is 0 Å². The van der Waals surface area contributed by atoms with Crippen LogP contribution in [0.2, 0.25) is 0 Å². The van der Waals surface area contributed by atoms with Gasteiger partial charge in [-0.1, -0.05) is 168 Å². The van der Waals surface area contributed by atoms with Gasteiger partial charge in [0.1, 0.15) is 6.61 Å². The Balaban J connectivity index is 3.83. The van der Waals surface area contributed by atoms with Crippen LogP contribution < -0.4 is 0 Å². The SMILES string of the molecule is CCCCCCCCCCCCCCCC(=O)OCC(COC(C)C)OC(=O)CCCCCCCCCCCCCCC. The second-order valence-corrected chi connectivity index (χ2v) is 13.2. The molecule has 0 heterocycles. The molecule has 0 aliphatic rings. The number of rotatable bonds is 34. The smallest absolute Gasteiger partial charge is 0.306 e. The van der Waals surface area contributed by atoms with E-state index in [-0.39, 0.29) is 31.3 Å². The molecule has 256 valence electrons. The van der Waals surface area contributed by atoms with Crippen LogP contribution in [-0.4, -0.2) is 37.4 Å². The van der Waals surface area contributed by atoms with Gasteiger partial charge in [-0.2, -0.15) is 0 Å². The first-order valence-electron chi connectivity index (χ1n) is 19.0. The molecule has 0 radical (unpaired) electrons. The molecule has 43 heavy (non-hydrogen) atoms. The fraction of sp³-hybridized carbons (Fsp3) is 0.947. The van der Waals surface area contributed by atoms with Crippen LogP contribution in [-0.2, 0) is 23.8 Å². The quantitative estimate of drug-likeness (QED) is 0.0535. The van der Waals surface area contributed by atoms with Crippen LogP contribution in [0.1, 0.15) is 207 Å². The lowest BCUT2D eigenvalue weighted by atomic mass is 10.0. The number of ether oxygens (including phenoxy) is 3. The number of carbonyl (C=O) groups is 2. The molecule has 5 nitrogen and oxygen atoms in total. The summed E-state index contributed by atoms with van der Waals surface area (Å²) in [4.78, 5) is 24.7. The molecule has 0 aliphatic heterocycles. The fourth-order valence-corrected chi connectivity index (χ4v) is 5.49. The van der Waals surface area contributed by atoms with Crippen molar-refractivity contribution in [3.63, 3.8) is 0 Å². The number of carbonyl (C=O) groups excluding carboxylic acids is 2. The highest BCUT2D eigenvalue weighted by Crippen LogP contribution is 2.15. The lowest BCUT2D eigenvalue weighted by Crippen LogP contribution is -2.30. The van der Waals surface area contributed by atoms with Crippen molar-refractivity contribution >= 4 is 11.9 Å². The van der Waals surface area contributed by atoms with Crippen molar-refractivity contribution in [1.82, 2.24) is 0 Å². The Kier molecular flexibility index (Phi) is 32.9. The average molecular weight is 611 g/mol. The highest BCUT2D eigenvalue weighted by Gasteiger charge is 2.18. The Bertz CT molecular complexity index is 591. The first kappa shape index (κ1) is 41.9. The predicted molar refractivity (Wildman–Crippen MR) is 183 cm³/mol. The molecule has 0 aliphatic carbocycles. The van der Waals surface area contributed by atoms with Crippen LogP contribution in [0.3, 0.4) is 0 Å². The van der Waals surface area contributed by atoms with Gasteiger partial charge in [0.05, 0.1) is 12.7 Å². The summed E-state index contributed by atoms with van der Waals surface area (Å²) in [6.45, 7) is 8.77. The summed E-state index contributed by atoms with van der Waals surface area (Å²) in [5.41, 5.74) is 0. The zero-order valence-electron chi connectivity index (χ0n) is 29.4. The van der Waals surface area contributed by atoms with Gasteiger partial charge in [0, 0.05) is 12.8 Å². The van der Waals surface area contributed by atoms with Gasteiger partial charge in [0.2, 0.25) is 0 Å². The number of hydrogen-bond donors (Lipinski definition) is 0. The monoisotopic (exact) mass is 611 g/mol. The van der Waals surface area contributed by atoms with Crippen molar-refractivity contribution in [1.29, 1.82) is 0 Å². The van der Waals surface area contributed by atoms with E-state index >= 15 is 0 Å². The molecule has 0 fully saturated rings. The minimum absolute atomic E-state index is 0.0313. The fourth-order valence-electron chi connectivity index (χ4n) is 5.49. The second kappa shape index (κ2) is 33.8. The Hall–Kier alpha value is -1.10. The second-order valence-electron chi connectivity index (χ2n) is 13.2. The Morgan fingerprint density at radius 2 is 0.767 bits per heavy atom. The van der Waals surface area contributed by atoms with E-state index < -0.39 is 6.10 Å². The summed E-state index contributed by atoms with van der Waals surface area (Å²) in [6.07, 6.45) is 33.6. The first-order chi connectivity index (χ1) is 21.0. The molecule has 0 bridgehead atoms. The predicted octanol–water partition coefficient (Wildman–Crippen LogP) is 11.8. The molecule has 0 saturated heterocycles. The van der Waals surface area contributed by atoms with Crippen molar-refractivity contribution in [2.45, 2.75) is 220 Å². The normalized spacial score (nSPS) is 12.1. The van der Waals surface area contributed by atoms with Gasteiger partial charge in [0.15, 0.2) is 6.10 Å². The van der Waals surface area contributed by atoms with Crippen LogP contribution in [0.5, 0.6) is 0 Å². The van der Waals surface area contributed by atoms with Crippen LogP contribution in [0.25, 0.3) is 0 Å². The Morgan fingerprint density at radius 1 is 0.442 bits per heavy atom. The topological polar surface area (TPSA) is 61.8 Å². The van der Waals surface area contributed by atoms with E-state index in [1.54, 1.807) is 0 Å². The lowest BCUT2D eigenvalue weighted by Gasteiger charge is -2.19. The van der Waals surface area contributed by atoms with Gasteiger partial charge in [-0.25, -0.2) is 0 Å². The van der Waals surface area contributed by atoms with Gasteiger partial charge < -0.3 is 14.2 Å². The summed E-state index contributed by atoms with van der Waals surface area (Å²) >= 11 is 0.